The molecule has 0 aliphatic carbocycles. The first-order valence-corrected chi connectivity index (χ1v) is 9.71. The predicted octanol–water partition coefficient (Wildman–Crippen LogP) is 2.57. The van der Waals surface area contributed by atoms with Crippen molar-refractivity contribution in [3.63, 3.8) is 0 Å². The Bertz CT molecular complexity index is 906. The van der Waals surface area contributed by atoms with Crippen molar-refractivity contribution in [2.45, 2.75) is 11.8 Å². The van der Waals surface area contributed by atoms with E-state index in [0.717, 1.165) is 0 Å². The minimum absolute atomic E-state index is 0.192. The first kappa shape index (κ1) is 19.4. The second-order valence-corrected chi connectivity index (χ2v) is 8.06. The zero-order valence-corrected chi connectivity index (χ0v) is 15.5. The molecule has 0 bridgehead atoms. The fourth-order valence-corrected chi connectivity index (χ4v) is 2.44. The van der Waals surface area contributed by atoms with Crippen LogP contribution in [0.5, 0.6) is 5.75 Å². The first-order valence-electron chi connectivity index (χ1n) is 7.19. The van der Waals surface area contributed by atoms with Gasteiger partial charge in [0.1, 0.15) is 22.9 Å². The van der Waals surface area contributed by atoms with Gasteiger partial charge in [0.25, 0.3) is 10.1 Å². The number of halogens is 1. The molecule has 0 spiro atoms. The van der Waals surface area contributed by atoms with E-state index in [1.54, 1.807) is 37.3 Å². The lowest BCUT2D eigenvalue weighted by Gasteiger charge is -2.11. The van der Waals surface area contributed by atoms with Gasteiger partial charge in [-0.05, 0) is 24.4 Å². The maximum Gasteiger partial charge on any atom is 0.338 e. The number of rotatable bonds is 6. The molecule has 2 aromatic carbocycles. The van der Waals surface area contributed by atoms with Gasteiger partial charge in [0.15, 0.2) is 0 Å². The van der Waals surface area contributed by atoms with Crippen LogP contribution in [-0.2, 0) is 19.6 Å². The molecule has 9 heteroatoms. The molecule has 0 amide bonds. The summed E-state index contributed by atoms with van der Waals surface area (Å²) >= 11 is 3.13. The number of esters is 2. The summed E-state index contributed by atoms with van der Waals surface area (Å²) in [5.41, 5.74) is 0.192. The Morgan fingerprint density at radius 3 is 2.44 bits per heavy atom. The standard InChI is InChI=1S/C16H15BrO7S/c1-10(17)15(18)24-14-7-3-4-11-12(14)5-2-6-13(11)16(19)23-8-9-25(20,21)22/h2-7,10H,8-9H2,1H3,(H,20,21,22). The number of carbonyl (C=O) groups is 2. The molecule has 2 aromatic rings. The Balaban J connectivity index is 2.30. The van der Waals surface area contributed by atoms with Crippen molar-refractivity contribution in [1.82, 2.24) is 0 Å². The normalized spacial score (nSPS) is 12.6. The summed E-state index contributed by atoms with van der Waals surface area (Å²) in [6.07, 6.45) is 0. The third kappa shape index (κ3) is 5.25. The zero-order valence-electron chi connectivity index (χ0n) is 13.1. The van der Waals surface area contributed by atoms with Gasteiger partial charge < -0.3 is 9.47 Å². The Hall–Kier alpha value is -1.97. The quantitative estimate of drug-likeness (QED) is 0.324. The lowest BCUT2D eigenvalue weighted by Crippen LogP contribution is -2.17. The highest BCUT2D eigenvalue weighted by atomic mass is 79.9. The molecule has 0 saturated heterocycles. The summed E-state index contributed by atoms with van der Waals surface area (Å²) in [6, 6.07) is 9.67. The number of alkyl halides is 1. The van der Waals surface area contributed by atoms with Crippen molar-refractivity contribution >= 4 is 48.8 Å². The monoisotopic (exact) mass is 430 g/mol. The van der Waals surface area contributed by atoms with Crippen LogP contribution in [0.15, 0.2) is 36.4 Å². The van der Waals surface area contributed by atoms with E-state index in [9.17, 15) is 18.0 Å². The maximum absolute atomic E-state index is 12.2. The molecule has 0 aliphatic rings. The molecule has 1 N–H and O–H groups in total. The van der Waals surface area contributed by atoms with E-state index in [4.69, 9.17) is 14.0 Å². The second-order valence-electron chi connectivity index (χ2n) is 5.12. The van der Waals surface area contributed by atoms with Gasteiger partial charge in [-0.15, -0.1) is 0 Å². The van der Waals surface area contributed by atoms with Crippen molar-refractivity contribution in [1.29, 1.82) is 0 Å². The van der Waals surface area contributed by atoms with E-state index in [2.05, 4.69) is 15.9 Å². The third-order valence-corrected chi connectivity index (χ3v) is 4.27. The van der Waals surface area contributed by atoms with Crippen molar-refractivity contribution < 1.29 is 32.0 Å². The van der Waals surface area contributed by atoms with E-state index >= 15 is 0 Å². The van der Waals surface area contributed by atoms with E-state index in [1.165, 1.54) is 6.07 Å². The molecule has 0 aliphatic heterocycles. The van der Waals surface area contributed by atoms with Crippen LogP contribution in [0.2, 0.25) is 0 Å². The van der Waals surface area contributed by atoms with E-state index in [1.807, 2.05) is 0 Å². The van der Waals surface area contributed by atoms with Gasteiger partial charge in [0.2, 0.25) is 0 Å². The molecule has 0 radical (unpaired) electrons. The first-order chi connectivity index (χ1) is 11.7. The Morgan fingerprint density at radius 1 is 1.16 bits per heavy atom. The average Bonchev–Trinajstić information content (AvgIpc) is 2.53. The summed E-state index contributed by atoms with van der Waals surface area (Å²) in [4.78, 5) is 23.5. The molecular formula is C16H15BrO7S. The summed E-state index contributed by atoms with van der Waals surface area (Å²) in [7, 11) is -4.21. The molecule has 7 nitrogen and oxygen atoms in total. The SMILES string of the molecule is CC(Br)C(=O)Oc1cccc2c(C(=O)OCCS(=O)(=O)O)cccc12. The van der Waals surface area contributed by atoms with Gasteiger partial charge in [0.05, 0.1) is 5.56 Å². The van der Waals surface area contributed by atoms with Gasteiger partial charge in [-0.1, -0.05) is 40.2 Å². The fourth-order valence-electron chi connectivity index (χ4n) is 2.06. The van der Waals surface area contributed by atoms with Gasteiger partial charge in [-0.2, -0.15) is 8.42 Å². The zero-order chi connectivity index (χ0) is 18.6. The minimum atomic E-state index is -4.21. The van der Waals surface area contributed by atoms with Gasteiger partial charge >= 0.3 is 11.9 Å². The summed E-state index contributed by atoms with van der Waals surface area (Å²) in [5.74, 6) is -1.61. The van der Waals surface area contributed by atoms with Crippen LogP contribution in [0.4, 0.5) is 0 Å². The number of fused-ring (bicyclic) bond motifs is 1. The molecular weight excluding hydrogens is 416 g/mol. The number of benzene rings is 2. The van der Waals surface area contributed by atoms with Crippen LogP contribution in [0.1, 0.15) is 17.3 Å². The molecule has 1 unspecified atom stereocenters. The highest BCUT2D eigenvalue weighted by molar-refractivity contribution is 9.10. The Labute approximate surface area is 152 Å². The van der Waals surface area contributed by atoms with Crippen LogP contribution in [-0.4, -0.2) is 42.1 Å². The summed E-state index contributed by atoms with van der Waals surface area (Å²) in [6.45, 7) is 1.16. The number of hydrogen-bond acceptors (Lipinski definition) is 6. The summed E-state index contributed by atoms with van der Waals surface area (Å²) in [5, 5.41) is 1.03. The van der Waals surface area contributed by atoms with Crippen LogP contribution in [0, 0.1) is 0 Å². The molecule has 0 aromatic heterocycles. The van der Waals surface area contributed by atoms with Gasteiger partial charge in [-0.25, -0.2) is 4.79 Å². The lowest BCUT2D eigenvalue weighted by atomic mass is 10.0. The molecule has 2 rings (SSSR count). The van der Waals surface area contributed by atoms with Gasteiger partial charge in [-0.3, -0.25) is 9.35 Å². The smallest absolute Gasteiger partial charge is 0.338 e. The van der Waals surface area contributed by atoms with Gasteiger partial charge in [0, 0.05) is 5.39 Å². The lowest BCUT2D eigenvalue weighted by molar-refractivity contribution is -0.133. The van der Waals surface area contributed by atoms with E-state index in [0.29, 0.717) is 16.5 Å². The Kier molecular flexibility index (Phi) is 6.15. The molecule has 0 fully saturated rings. The topological polar surface area (TPSA) is 107 Å². The van der Waals surface area contributed by atoms with Crippen LogP contribution in [0.3, 0.4) is 0 Å². The molecule has 1 atom stereocenters. The van der Waals surface area contributed by atoms with E-state index in [-0.39, 0.29) is 5.56 Å². The summed E-state index contributed by atoms with van der Waals surface area (Å²) < 4.78 is 40.2. The highest BCUT2D eigenvalue weighted by Crippen LogP contribution is 2.29. The predicted molar refractivity (Wildman–Crippen MR) is 94.7 cm³/mol. The van der Waals surface area contributed by atoms with Crippen molar-refractivity contribution in [3.8, 4) is 5.75 Å². The number of ether oxygens (including phenoxy) is 2. The third-order valence-electron chi connectivity index (χ3n) is 3.21. The maximum atomic E-state index is 12.2. The molecule has 0 heterocycles. The minimum Gasteiger partial charge on any atom is -0.461 e. The van der Waals surface area contributed by atoms with Crippen LogP contribution < -0.4 is 4.74 Å². The van der Waals surface area contributed by atoms with Crippen LogP contribution in [0.25, 0.3) is 10.8 Å². The fraction of sp³-hybridized carbons (Fsp3) is 0.250. The van der Waals surface area contributed by atoms with Crippen LogP contribution >= 0.6 is 15.9 Å². The molecule has 134 valence electrons. The highest BCUT2D eigenvalue weighted by Gasteiger charge is 2.17. The number of carbonyl (C=O) groups excluding carboxylic acids is 2. The van der Waals surface area contributed by atoms with E-state index < -0.39 is 39.2 Å². The average molecular weight is 431 g/mol. The largest absolute Gasteiger partial charge is 0.461 e. The molecule has 25 heavy (non-hydrogen) atoms. The number of hydrogen-bond donors (Lipinski definition) is 1. The second kappa shape index (κ2) is 7.94. The van der Waals surface area contributed by atoms with Crippen molar-refractivity contribution in [3.05, 3.63) is 42.0 Å². The van der Waals surface area contributed by atoms with Crippen molar-refractivity contribution in [2.24, 2.45) is 0 Å². The Morgan fingerprint density at radius 2 is 1.80 bits per heavy atom. The molecule has 0 saturated carbocycles. The van der Waals surface area contributed by atoms with Crippen molar-refractivity contribution in [2.75, 3.05) is 12.4 Å².